The van der Waals surface area contributed by atoms with E-state index in [2.05, 4.69) is 25.9 Å². The van der Waals surface area contributed by atoms with E-state index in [1.165, 1.54) is 12.0 Å². The van der Waals surface area contributed by atoms with Crippen LogP contribution in [-0.4, -0.2) is 22.0 Å². The molecule has 0 aliphatic heterocycles. The quantitative estimate of drug-likeness (QED) is 0.624. The minimum Gasteiger partial charge on any atom is -0.481 e. The van der Waals surface area contributed by atoms with Crippen molar-refractivity contribution in [2.45, 2.75) is 96.8 Å². The first kappa shape index (κ1) is 20.1. The lowest BCUT2D eigenvalue weighted by atomic mass is 9.66. The third kappa shape index (κ3) is 5.20. The molecule has 0 amide bonds. The maximum absolute atomic E-state index is 11.7. The number of nitrogens with zero attached hydrogens (tertiary/aromatic N) is 1. The van der Waals surface area contributed by atoms with E-state index in [9.17, 15) is 9.59 Å². The largest absolute Gasteiger partial charge is 0.481 e. The van der Waals surface area contributed by atoms with Crippen LogP contribution in [0.5, 0.6) is 0 Å². The van der Waals surface area contributed by atoms with Gasteiger partial charge in [0.05, 0.1) is 5.69 Å². The van der Waals surface area contributed by atoms with Gasteiger partial charge in [-0.25, -0.2) is 0 Å². The van der Waals surface area contributed by atoms with Crippen molar-refractivity contribution in [1.29, 1.82) is 0 Å². The summed E-state index contributed by atoms with van der Waals surface area (Å²) in [6, 6.07) is 0. The van der Waals surface area contributed by atoms with Crippen LogP contribution >= 0.6 is 0 Å². The van der Waals surface area contributed by atoms with Gasteiger partial charge in [-0.1, -0.05) is 25.9 Å². The molecule has 1 aromatic heterocycles. The Morgan fingerprint density at radius 1 is 1.22 bits per heavy atom. The van der Waals surface area contributed by atoms with Crippen molar-refractivity contribution in [1.82, 2.24) is 5.16 Å². The molecule has 0 bridgehead atoms. The Hall–Kier alpha value is -1.65. The molecule has 27 heavy (non-hydrogen) atoms. The number of carbonyl (C=O) groups is 2. The van der Waals surface area contributed by atoms with Crippen molar-refractivity contribution >= 4 is 11.8 Å². The van der Waals surface area contributed by atoms with Gasteiger partial charge in [-0.2, -0.15) is 0 Å². The van der Waals surface area contributed by atoms with E-state index < -0.39 is 5.97 Å². The molecule has 1 unspecified atom stereocenters. The number of rotatable bonds is 9. The lowest BCUT2D eigenvalue weighted by Gasteiger charge is -2.38. The molecule has 0 radical (unpaired) electrons. The minimum absolute atomic E-state index is 0.0569. The van der Waals surface area contributed by atoms with Crippen molar-refractivity contribution in [2.24, 2.45) is 11.3 Å². The lowest BCUT2D eigenvalue weighted by molar-refractivity contribution is -0.137. The molecule has 2 aliphatic carbocycles. The van der Waals surface area contributed by atoms with Crippen LogP contribution in [0.1, 0.15) is 114 Å². The van der Waals surface area contributed by atoms with Crippen LogP contribution in [0.25, 0.3) is 0 Å². The van der Waals surface area contributed by atoms with E-state index >= 15 is 0 Å². The van der Waals surface area contributed by atoms with Gasteiger partial charge in [0, 0.05) is 30.2 Å². The molecule has 1 atom stereocenters. The van der Waals surface area contributed by atoms with E-state index in [0.717, 1.165) is 43.1 Å². The topological polar surface area (TPSA) is 80.4 Å². The smallest absolute Gasteiger partial charge is 0.303 e. The minimum atomic E-state index is -0.829. The molecule has 2 aliphatic rings. The number of carboxylic acids is 1. The first-order chi connectivity index (χ1) is 12.6. The van der Waals surface area contributed by atoms with Crippen LogP contribution in [-0.2, 0) is 9.59 Å². The molecular formula is C22H33NO4. The second kappa shape index (κ2) is 7.76. The third-order valence-corrected chi connectivity index (χ3v) is 5.90. The predicted molar refractivity (Wildman–Crippen MR) is 103 cm³/mol. The highest BCUT2D eigenvalue weighted by Crippen LogP contribution is 2.53. The molecule has 0 saturated heterocycles. The molecule has 5 nitrogen and oxygen atoms in total. The van der Waals surface area contributed by atoms with E-state index in [-0.39, 0.29) is 18.1 Å². The van der Waals surface area contributed by atoms with Crippen LogP contribution in [0.4, 0.5) is 0 Å². The van der Waals surface area contributed by atoms with Gasteiger partial charge >= 0.3 is 5.97 Å². The molecule has 5 heteroatoms. The summed E-state index contributed by atoms with van der Waals surface area (Å²) >= 11 is 0. The first-order valence-corrected chi connectivity index (χ1v) is 10.3. The average molecular weight is 376 g/mol. The fourth-order valence-electron chi connectivity index (χ4n) is 4.66. The number of ketones is 1. The van der Waals surface area contributed by atoms with Gasteiger partial charge in [0.25, 0.3) is 0 Å². The van der Waals surface area contributed by atoms with E-state index in [4.69, 9.17) is 9.63 Å². The van der Waals surface area contributed by atoms with E-state index in [1.54, 1.807) is 6.92 Å². The second-order valence-electron chi connectivity index (χ2n) is 9.95. The van der Waals surface area contributed by atoms with E-state index in [0.29, 0.717) is 30.1 Å². The fraction of sp³-hybridized carbons (Fsp3) is 0.773. The summed E-state index contributed by atoms with van der Waals surface area (Å²) in [5.74, 6) is 1.80. The molecule has 1 N–H and O–H groups in total. The van der Waals surface area contributed by atoms with Gasteiger partial charge in [0.1, 0.15) is 11.5 Å². The van der Waals surface area contributed by atoms with Crippen LogP contribution in [0.2, 0.25) is 0 Å². The Bertz CT molecular complexity index is 690. The van der Waals surface area contributed by atoms with Gasteiger partial charge < -0.3 is 14.4 Å². The number of carboxylic acid groups (broad SMARTS) is 1. The van der Waals surface area contributed by atoms with Crippen LogP contribution in [0.3, 0.4) is 0 Å². The molecule has 150 valence electrons. The van der Waals surface area contributed by atoms with Gasteiger partial charge in [-0.05, 0) is 62.7 Å². The number of carbonyl (C=O) groups excluding carboxylic acids is 1. The number of Topliss-reactive ketones (excluding diaryl/α,β-unsaturated/α-hetero) is 1. The Morgan fingerprint density at radius 3 is 2.41 bits per heavy atom. The average Bonchev–Trinajstić information content (AvgIpc) is 3.25. The Balaban J connectivity index is 1.76. The van der Waals surface area contributed by atoms with Crippen molar-refractivity contribution in [3.63, 3.8) is 0 Å². The van der Waals surface area contributed by atoms with Gasteiger partial charge in [0.15, 0.2) is 0 Å². The lowest BCUT2D eigenvalue weighted by Crippen LogP contribution is -2.26. The van der Waals surface area contributed by atoms with E-state index in [1.807, 2.05) is 0 Å². The number of hydrogen-bond acceptors (Lipinski definition) is 4. The maximum atomic E-state index is 11.7. The molecule has 3 rings (SSSR count). The molecule has 0 spiro atoms. The van der Waals surface area contributed by atoms with Gasteiger partial charge in [-0.15, -0.1) is 0 Å². The number of hydrogen-bond donors (Lipinski definition) is 1. The zero-order chi connectivity index (χ0) is 19.8. The Labute approximate surface area is 161 Å². The molecule has 1 heterocycles. The standard InChI is InChI=1S/C22H33NO4/c1-13(24)9-16(7-8-18(25)26)20-19(15-5-6-15)21(27-23-20)17-10-14(11-17)12-22(2,3)4/h14-17H,5-12H2,1-4H3,(H,25,26). The summed E-state index contributed by atoms with van der Waals surface area (Å²) in [7, 11) is 0. The van der Waals surface area contributed by atoms with Crippen LogP contribution < -0.4 is 0 Å². The summed E-state index contributed by atoms with van der Waals surface area (Å²) in [6.45, 7) is 8.43. The summed E-state index contributed by atoms with van der Waals surface area (Å²) in [5, 5.41) is 13.5. The Kier molecular flexibility index (Phi) is 5.78. The zero-order valence-electron chi connectivity index (χ0n) is 17.1. The van der Waals surface area contributed by atoms with Crippen molar-refractivity contribution < 1.29 is 19.2 Å². The Morgan fingerprint density at radius 2 is 1.89 bits per heavy atom. The normalized spacial score (nSPS) is 23.7. The number of aromatic nitrogens is 1. The van der Waals surface area contributed by atoms with Gasteiger partial charge in [0.2, 0.25) is 0 Å². The highest BCUT2D eigenvalue weighted by atomic mass is 16.5. The monoisotopic (exact) mass is 375 g/mol. The van der Waals surface area contributed by atoms with Crippen molar-refractivity contribution in [3.8, 4) is 0 Å². The third-order valence-electron chi connectivity index (χ3n) is 5.90. The highest BCUT2D eigenvalue weighted by Gasteiger charge is 2.42. The molecule has 2 saturated carbocycles. The summed E-state index contributed by atoms with van der Waals surface area (Å²) in [6.07, 6.45) is 6.66. The molecule has 2 fully saturated rings. The molecular weight excluding hydrogens is 342 g/mol. The number of aliphatic carboxylic acids is 1. The van der Waals surface area contributed by atoms with Crippen LogP contribution in [0.15, 0.2) is 4.52 Å². The zero-order valence-corrected chi connectivity index (χ0v) is 17.1. The summed E-state index contributed by atoms with van der Waals surface area (Å²) in [5.41, 5.74) is 2.43. The predicted octanol–water partition coefficient (Wildman–Crippen LogP) is 5.41. The molecule has 0 aromatic carbocycles. The maximum Gasteiger partial charge on any atom is 0.303 e. The summed E-state index contributed by atoms with van der Waals surface area (Å²) < 4.78 is 5.84. The highest BCUT2D eigenvalue weighted by molar-refractivity contribution is 5.76. The van der Waals surface area contributed by atoms with Crippen molar-refractivity contribution in [3.05, 3.63) is 17.0 Å². The molecule has 1 aromatic rings. The first-order valence-electron chi connectivity index (χ1n) is 10.3. The van der Waals surface area contributed by atoms with Crippen LogP contribution in [0, 0.1) is 11.3 Å². The van der Waals surface area contributed by atoms with Gasteiger partial charge in [-0.3, -0.25) is 4.79 Å². The SMILES string of the molecule is CC(=O)CC(CCC(=O)O)c1noc(C2CC(CC(C)(C)C)C2)c1C1CC1. The van der Waals surface area contributed by atoms with Crippen molar-refractivity contribution in [2.75, 3.05) is 0 Å². The second-order valence-corrected chi connectivity index (χ2v) is 9.95. The summed E-state index contributed by atoms with van der Waals surface area (Å²) in [4.78, 5) is 22.8. The fourth-order valence-corrected chi connectivity index (χ4v) is 4.66.